The largest absolute Gasteiger partial charge is 0.495 e. The number of rotatable bonds is 7. The average Bonchev–Trinajstić information content (AvgIpc) is 3.20. The number of sulfonamides is 1. The molecule has 0 aliphatic carbocycles. The zero-order chi connectivity index (χ0) is 25.2. The van der Waals surface area contributed by atoms with E-state index in [2.05, 4.69) is 11.6 Å². The summed E-state index contributed by atoms with van der Waals surface area (Å²) in [7, 11) is -2.42. The van der Waals surface area contributed by atoms with E-state index in [0.29, 0.717) is 30.1 Å². The first kappa shape index (κ1) is 24.6. The molecule has 4 rings (SSSR count). The maximum atomic E-state index is 13.1. The molecule has 1 amide bonds. The van der Waals surface area contributed by atoms with Gasteiger partial charge in [0.15, 0.2) is 0 Å². The number of nitrogens with one attached hydrogen (secondary N) is 1. The van der Waals surface area contributed by atoms with E-state index in [0.717, 1.165) is 11.1 Å². The summed E-state index contributed by atoms with van der Waals surface area (Å²) in [5.41, 5.74) is 3.09. The van der Waals surface area contributed by atoms with E-state index in [1.54, 1.807) is 42.5 Å². The highest BCUT2D eigenvalue weighted by Crippen LogP contribution is 2.29. The van der Waals surface area contributed by atoms with Gasteiger partial charge < -0.3 is 14.4 Å². The lowest BCUT2D eigenvalue weighted by molar-refractivity contribution is 0.0771. The standard InChI is InChI=1S/C27H30N2O5S/c1-18-12-13-19(2)23(14-18)27(30)29-16-20(3)25(17-29)34-22-9-7-8-21(15-22)28-35(31,32)26-11-6-5-10-24(26)33-4/h5-15,20,25,28H,16-17H2,1-4H3/t20-,25-/m1/s1. The van der Waals surface area contributed by atoms with Crippen LogP contribution in [-0.4, -0.2) is 45.5 Å². The van der Waals surface area contributed by atoms with Crippen molar-refractivity contribution in [1.82, 2.24) is 4.90 Å². The molecule has 184 valence electrons. The first-order valence-electron chi connectivity index (χ1n) is 11.5. The van der Waals surface area contributed by atoms with Gasteiger partial charge in [0.2, 0.25) is 0 Å². The fourth-order valence-electron chi connectivity index (χ4n) is 4.25. The van der Waals surface area contributed by atoms with Crippen molar-refractivity contribution in [2.75, 3.05) is 24.9 Å². The monoisotopic (exact) mass is 494 g/mol. The number of nitrogens with zero attached hydrogens (tertiary/aromatic N) is 1. The van der Waals surface area contributed by atoms with E-state index in [-0.39, 0.29) is 28.6 Å². The Morgan fingerprint density at radius 3 is 2.54 bits per heavy atom. The van der Waals surface area contributed by atoms with Crippen LogP contribution in [0, 0.1) is 19.8 Å². The summed E-state index contributed by atoms with van der Waals surface area (Å²) >= 11 is 0. The number of aryl methyl sites for hydroxylation is 2. The summed E-state index contributed by atoms with van der Waals surface area (Å²) in [6.07, 6.45) is -0.204. The molecule has 1 aliphatic heterocycles. The van der Waals surface area contributed by atoms with Gasteiger partial charge in [-0.05, 0) is 49.7 Å². The molecule has 3 aromatic carbocycles. The highest BCUT2D eigenvalue weighted by atomic mass is 32.2. The zero-order valence-corrected chi connectivity index (χ0v) is 21.1. The minimum absolute atomic E-state index is 0.00229. The van der Waals surface area contributed by atoms with Crippen molar-refractivity contribution < 1.29 is 22.7 Å². The van der Waals surface area contributed by atoms with Crippen LogP contribution in [0.1, 0.15) is 28.4 Å². The van der Waals surface area contributed by atoms with Crippen molar-refractivity contribution in [3.05, 3.63) is 83.4 Å². The first-order valence-corrected chi connectivity index (χ1v) is 13.0. The Bertz CT molecular complexity index is 1340. The summed E-state index contributed by atoms with van der Waals surface area (Å²) in [5, 5.41) is 0. The number of hydrogen-bond donors (Lipinski definition) is 1. The molecule has 1 N–H and O–H groups in total. The topological polar surface area (TPSA) is 84.9 Å². The average molecular weight is 495 g/mol. The number of benzene rings is 3. The number of anilines is 1. The van der Waals surface area contributed by atoms with Crippen LogP contribution >= 0.6 is 0 Å². The minimum Gasteiger partial charge on any atom is -0.495 e. The van der Waals surface area contributed by atoms with Crippen LogP contribution < -0.4 is 14.2 Å². The molecular weight excluding hydrogens is 464 g/mol. The SMILES string of the molecule is COc1ccccc1S(=O)(=O)Nc1cccc(O[C@@H]2CN(C(=O)c3cc(C)ccc3C)C[C@H]2C)c1. The Morgan fingerprint density at radius 2 is 1.77 bits per heavy atom. The lowest BCUT2D eigenvalue weighted by Crippen LogP contribution is -2.31. The van der Waals surface area contributed by atoms with Gasteiger partial charge in [0, 0.05) is 24.1 Å². The van der Waals surface area contributed by atoms with Crippen LogP contribution in [0.4, 0.5) is 5.69 Å². The Hall–Kier alpha value is -3.52. The van der Waals surface area contributed by atoms with Gasteiger partial charge in [-0.2, -0.15) is 0 Å². The van der Waals surface area contributed by atoms with E-state index in [1.165, 1.54) is 13.2 Å². The summed E-state index contributed by atoms with van der Waals surface area (Å²) in [5.74, 6) is 0.921. The molecule has 3 aromatic rings. The second kappa shape index (κ2) is 10.00. The van der Waals surface area contributed by atoms with Gasteiger partial charge in [0.1, 0.15) is 22.5 Å². The maximum absolute atomic E-state index is 13.1. The molecule has 0 unspecified atom stereocenters. The molecular formula is C27H30N2O5S. The normalized spacial score (nSPS) is 17.8. The molecule has 0 aromatic heterocycles. The smallest absolute Gasteiger partial charge is 0.265 e. The molecule has 0 spiro atoms. The fourth-order valence-corrected chi connectivity index (χ4v) is 5.47. The van der Waals surface area contributed by atoms with Gasteiger partial charge in [-0.1, -0.05) is 42.8 Å². The third-order valence-electron chi connectivity index (χ3n) is 6.19. The molecule has 1 aliphatic rings. The highest BCUT2D eigenvalue weighted by Gasteiger charge is 2.35. The molecule has 0 bridgehead atoms. The van der Waals surface area contributed by atoms with E-state index in [1.807, 2.05) is 36.9 Å². The Morgan fingerprint density at radius 1 is 1.00 bits per heavy atom. The third-order valence-corrected chi connectivity index (χ3v) is 7.61. The first-order chi connectivity index (χ1) is 16.7. The van der Waals surface area contributed by atoms with E-state index in [4.69, 9.17) is 9.47 Å². The number of para-hydroxylation sites is 1. The van der Waals surface area contributed by atoms with Crippen molar-refractivity contribution in [3.63, 3.8) is 0 Å². The zero-order valence-electron chi connectivity index (χ0n) is 20.3. The van der Waals surface area contributed by atoms with Crippen molar-refractivity contribution in [2.24, 2.45) is 5.92 Å². The van der Waals surface area contributed by atoms with Crippen LogP contribution in [-0.2, 0) is 10.0 Å². The lowest BCUT2D eigenvalue weighted by Gasteiger charge is -2.19. The van der Waals surface area contributed by atoms with Gasteiger partial charge >= 0.3 is 0 Å². The number of likely N-dealkylation sites (tertiary alicyclic amines) is 1. The van der Waals surface area contributed by atoms with Crippen molar-refractivity contribution in [1.29, 1.82) is 0 Å². The molecule has 1 heterocycles. The predicted molar refractivity (Wildman–Crippen MR) is 136 cm³/mol. The van der Waals surface area contributed by atoms with E-state index >= 15 is 0 Å². The molecule has 7 nitrogen and oxygen atoms in total. The summed E-state index contributed by atoms with van der Waals surface area (Å²) in [4.78, 5) is 15.0. The molecule has 35 heavy (non-hydrogen) atoms. The van der Waals surface area contributed by atoms with Gasteiger partial charge in [0.05, 0.1) is 19.3 Å². The molecule has 1 fully saturated rings. The Kier molecular flexibility index (Phi) is 7.03. The number of hydrogen-bond acceptors (Lipinski definition) is 5. The number of methoxy groups -OCH3 is 1. The quantitative estimate of drug-likeness (QED) is 0.517. The van der Waals surface area contributed by atoms with E-state index < -0.39 is 10.0 Å². The minimum atomic E-state index is -3.85. The highest BCUT2D eigenvalue weighted by molar-refractivity contribution is 7.92. The predicted octanol–water partition coefficient (Wildman–Crippen LogP) is 4.65. The fraction of sp³-hybridized carbons (Fsp3) is 0.296. The third kappa shape index (κ3) is 5.43. The summed E-state index contributed by atoms with van der Waals surface area (Å²) < 4.78 is 39.8. The van der Waals surface area contributed by atoms with Crippen LogP contribution in [0.5, 0.6) is 11.5 Å². The summed E-state index contributed by atoms with van der Waals surface area (Å²) in [6, 6.07) is 19.2. The Balaban J connectivity index is 1.47. The van der Waals surface area contributed by atoms with Crippen LogP contribution in [0.3, 0.4) is 0 Å². The van der Waals surface area contributed by atoms with Gasteiger partial charge in [-0.15, -0.1) is 0 Å². The second-order valence-electron chi connectivity index (χ2n) is 8.95. The lowest BCUT2D eigenvalue weighted by atomic mass is 10.0. The van der Waals surface area contributed by atoms with Crippen molar-refractivity contribution in [3.8, 4) is 11.5 Å². The van der Waals surface area contributed by atoms with Crippen LogP contribution in [0.2, 0.25) is 0 Å². The molecule has 1 saturated heterocycles. The summed E-state index contributed by atoms with van der Waals surface area (Å²) in [6.45, 7) is 7.03. The molecule has 0 saturated carbocycles. The van der Waals surface area contributed by atoms with Gasteiger partial charge in [-0.3, -0.25) is 9.52 Å². The number of amides is 1. The van der Waals surface area contributed by atoms with Gasteiger partial charge in [0.25, 0.3) is 15.9 Å². The van der Waals surface area contributed by atoms with Crippen LogP contribution in [0.15, 0.2) is 71.6 Å². The van der Waals surface area contributed by atoms with Crippen LogP contribution in [0.25, 0.3) is 0 Å². The second-order valence-corrected chi connectivity index (χ2v) is 10.6. The molecule has 0 radical (unpaired) electrons. The Labute approximate surface area is 206 Å². The number of carbonyl (C=O) groups excluding carboxylic acids is 1. The van der Waals surface area contributed by atoms with Gasteiger partial charge in [-0.25, -0.2) is 8.42 Å². The van der Waals surface area contributed by atoms with Crippen molar-refractivity contribution >= 4 is 21.6 Å². The van der Waals surface area contributed by atoms with Crippen molar-refractivity contribution in [2.45, 2.75) is 31.8 Å². The maximum Gasteiger partial charge on any atom is 0.265 e. The number of ether oxygens (including phenoxy) is 2. The number of carbonyl (C=O) groups is 1. The molecule has 2 atom stereocenters. The van der Waals surface area contributed by atoms with E-state index in [9.17, 15) is 13.2 Å². The molecule has 8 heteroatoms.